The van der Waals surface area contributed by atoms with Crippen molar-refractivity contribution in [2.24, 2.45) is 0 Å². The van der Waals surface area contributed by atoms with Crippen LogP contribution in [0.3, 0.4) is 0 Å². The molecule has 0 fully saturated rings. The molecule has 1 heterocycles. The van der Waals surface area contributed by atoms with E-state index in [2.05, 4.69) is 0 Å². The van der Waals surface area contributed by atoms with Crippen molar-refractivity contribution in [1.82, 2.24) is 0 Å². The highest BCUT2D eigenvalue weighted by Gasteiger charge is 2.41. The Morgan fingerprint density at radius 1 is 0.867 bits per heavy atom. The summed E-state index contributed by atoms with van der Waals surface area (Å²) in [4.78, 5) is 28.6. The molecule has 0 unspecified atom stereocenters. The van der Waals surface area contributed by atoms with E-state index in [4.69, 9.17) is 4.74 Å². The van der Waals surface area contributed by atoms with Crippen LogP contribution in [0, 0.1) is 5.82 Å². The largest absolute Gasteiger partial charge is 0.494 e. The Labute approximate surface area is 178 Å². The molecular formula is C24H18FNO3S. The van der Waals surface area contributed by atoms with Crippen LogP contribution < -0.4 is 9.64 Å². The maximum Gasteiger partial charge on any atom is 0.273 e. The molecule has 4 nitrogen and oxygen atoms in total. The summed E-state index contributed by atoms with van der Waals surface area (Å²) in [5.41, 5.74) is 0.772. The summed E-state index contributed by atoms with van der Waals surface area (Å²) in [5.74, 6) is -1.05. The van der Waals surface area contributed by atoms with E-state index in [0.29, 0.717) is 17.9 Å². The van der Waals surface area contributed by atoms with Crippen molar-refractivity contribution in [2.45, 2.75) is 11.8 Å². The predicted molar refractivity (Wildman–Crippen MR) is 116 cm³/mol. The van der Waals surface area contributed by atoms with Gasteiger partial charge in [0.2, 0.25) is 0 Å². The number of halogens is 1. The number of benzene rings is 3. The van der Waals surface area contributed by atoms with Crippen molar-refractivity contribution >= 4 is 34.8 Å². The van der Waals surface area contributed by atoms with Crippen LogP contribution in [0.5, 0.6) is 5.75 Å². The predicted octanol–water partition coefficient (Wildman–Crippen LogP) is 5.30. The van der Waals surface area contributed by atoms with Gasteiger partial charge in [-0.05, 0) is 48.9 Å². The molecule has 0 atom stereocenters. The molecule has 150 valence electrons. The molecule has 0 spiro atoms. The molecule has 0 saturated heterocycles. The van der Waals surface area contributed by atoms with Gasteiger partial charge in [0, 0.05) is 4.90 Å². The van der Waals surface area contributed by atoms with Gasteiger partial charge in [0.15, 0.2) is 0 Å². The fourth-order valence-electron chi connectivity index (χ4n) is 3.20. The molecule has 0 N–H and O–H groups in total. The summed E-state index contributed by atoms with van der Waals surface area (Å²) in [6.45, 7) is 2.41. The minimum Gasteiger partial charge on any atom is -0.494 e. The number of nitrogens with zero attached hydrogens (tertiary/aromatic N) is 1. The Balaban J connectivity index is 1.80. The second-order valence-electron chi connectivity index (χ2n) is 6.47. The molecule has 1 aliphatic heterocycles. The van der Waals surface area contributed by atoms with Crippen LogP contribution in [0.1, 0.15) is 12.5 Å². The quantitative estimate of drug-likeness (QED) is 0.509. The fourth-order valence-corrected chi connectivity index (χ4v) is 4.22. The molecule has 30 heavy (non-hydrogen) atoms. The van der Waals surface area contributed by atoms with Gasteiger partial charge in [-0.15, -0.1) is 0 Å². The maximum atomic E-state index is 14.4. The van der Waals surface area contributed by atoms with Gasteiger partial charge in [0.05, 0.1) is 22.8 Å². The number of carbonyl (C=O) groups is 2. The third kappa shape index (κ3) is 3.74. The minimum atomic E-state index is -0.629. The number of rotatable bonds is 6. The van der Waals surface area contributed by atoms with Crippen molar-refractivity contribution in [3.8, 4) is 5.75 Å². The Morgan fingerprint density at radius 3 is 2.20 bits per heavy atom. The van der Waals surface area contributed by atoms with Crippen molar-refractivity contribution in [3.05, 3.63) is 95.1 Å². The van der Waals surface area contributed by atoms with Crippen molar-refractivity contribution in [2.75, 3.05) is 11.5 Å². The summed E-state index contributed by atoms with van der Waals surface area (Å²) in [6, 6.07) is 22.1. The lowest BCUT2D eigenvalue weighted by Crippen LogP contribution is -2.32. The zero-order valence-electron chi connectivity index (χ0n) is 16.2. The lowest BCUT2D eigenvalue weighted by atomic mass is 10.1. The smallest absolute Gasteiger partial charge is 0.273 e. The second-order valence-corrected chi connectivity index (χ2v) is 7.56. The van der Waals surface area contributed by atoms with E-state index >= 15 is 0 Å². The Morgan fingerprint density at radius 2 is 1.53 bits per heavy atom. The topological polar surface area (TPSA) is 46.6 Å². The summed E-state index contributed by atoms with van der Waals surface area (Å²) in [5, 5.41) is 0. The van der Waals surface area contributed by atoms with Gasteiger partial charge in [0.1, 0.15) is 11.6 Å². The van der Waals surface area contributed by atoms with Crippen LogP contribution in [0.25, 0.3) is 5.57 Å². The average molecular weight is 419 g/mol. The number of hydrogen-bond acceptors (Lipinski definition) is 4. The molecule has 0 radical (unpaired) electrons. The molecule has 4 rings (SSSR count). The third-order valence-corrected chi connectivity index (χ3v) is 5.64. The first kappa shape index (κ1) is 19.9. The van der Waals surface area contributed by atoms with E-state index < -0.39 is 17.6 Å². The van der Waals surface area contributed by atoms with Gasteiger partial charge in [-0.1, -0.05) is 54.2 Å². The lowest BCUT2D eigenvalue weighted by Gasteiger charge is -2.15. The third-order valence-electron chi connectivity index (χ3n) is 4.55. The Kier molecular flexibility index (Phi) is 5.68. The lowest BCUT2D eigenvalue weighted by molar-refractivity contribution is -0.119. The fraction of sp³-hybridized carbons (Fsp3) is 0.0833. The van der Waals surface area contributed by atoms with Crippen molar-refractivity contribution in [1.29, 1.82) is 0 Å². The van der Waals surface area contributed by atoms with Crippen LogP contribution in [-0.4, -0.2) is 18.4 Å². The molecule has 0 aromatic heterocycles. The molecular weight excluding hydrogens is 401 g/mol. The van der Waals surface area contributed by atoms with Crippen molar-refractivity contribution < 1.29 is 18.7 Å². The first-order valence-electron chi connectivity index (χ1n) is 9.44. The zero-order chi connectivity index (χ0) is 21.1. The van der Waals surface area contributed by atoms with E-state index in [1.807, 2.05) is 37.3 Å². The number of hydrogen-bond donors (Lipinski definition) is 0. The molecule has 2 amide bonds. The normalized spacial score (nSPS) is 13.9. The van der Waals surface area contributed by atoms with E-state index in [9.17, 15) is 14.0 Å². The Bertz CT molecular complexity index is 1130. The number of carbonyl (C=O) groups excluding carboxylic acids is 2. The van der Waals surface area contributed by atoms with E-state index in [-0.39, 0.29) is 16.2 Å². The summed E-state index contributed by atoms with van der Waals surface area (Å²) < 4.78 is 19.9. The summed E-state index contributed by atoms with van der Waals surface area (Å²) in [7, 11) is 0. The highest BCUT2D eigenvalue weighted by Crippen LogP contribution is 2.42. The molecule has 3 aromatic carbocycles. The van der Waals surface area contributed by atoms with Crippen molar-refractivity contribution in [3.63, 3.8) is 0 Å². The Hall–Kier alpha value is -3.38. The maximum absolute atomic E-state index is 14.4. The van der Waals surface area contributed by atoms with Crippen LogP contribution in [0.4, 0.5) is 10.1 Å². The number of thioether (sulfide) groups is 1. The van der Waals surface area contributed by atoms with E-state index in [1.54, 1.807) is 30.3 Å². The van der Waals surface area contributed by atoms with Crippen LogP contribution >= 0.6 is 11.8 Å². The number of amides is 2. The molecule has 0 saturated carbocycles. The van der Waals surface area contributed by atoms with Gasteiger partial charge < -0.3 is 4.74 Å². The number of ether oxygens (including phenoxy) is 1. The number of imide groups is 1. The van der Waals surface area contributed by atoms with Gasteiger partial charge in [0.25, 0.3) is 11.8 Å². The van der Waals surface area contributed by atoms with Crippen LogP contribution in [0.15, 0.2) is 88.7 Å². The van der Waals surface area contributed by atoms with E-state index in [1.165, 1.54) is 30.0 Å². The van der Waals surface area contributed by atoms with Gasteiger partial charge in [-0.3, -0.25) is 9.59 Å². The minimum absolute atomic E-state index is 0.0559. The van der Waals surface area contributed by atoms with Gasteiger partial charge in [-0.2, -0.15) is 0 Å². The first-order valence-corrected chi connectivity index (χ1v) is 10.3. The summed E-state index contributed by atoms with van der Waals surface area (Å²) in [6.07, 6.45) is 0. The van der Waals surface area contributed by atoms with Gasteiger partial charge >= 0.3 is 0 Å². The number of anilines is 1. The molecule has 6 heteroatoms. The zero-order valence-corrected chi connectivity index (χ0v) is 17.0. The molecule has 1 aliphatic rings. The highest BCUT2D eigenvalue weighted by molar-refractivity contribution is 8.04. The highest BCUT2D eigenvalue weighted by atomic mass is 32.2. The van der Waals surface area contributed by atoms with E-state index in [0.717, 1.165) is 9.80 Å². The van der Waals surface area contributed by atoms with Crippen LogP contribution in [-0.2, 0) is 9.59 Å². The molecule has 0 bridgehead atoms. The standard InChI is InChI=1S/C24H18FNO3S/c1-2-29-17-14-12-16(13-15-17)21-22(30-18-8-4-3-5-9-18)24(28)26(23(21)27)20-11-7-6-10-19(20)25/h3-15H,2H2,1H3. The monoisotopic (exact) mass is 419 g/mol. The number of para-hydroxylation sites is 1. The van der Waals surface area contributed by atoms with Gasteiger partial charge in [-0.25, -0.2) is 9.29 Å². The molecule has 0 aliphatic carbocycles. The summed E-state index contributed by atoms with van der Waals surface area (Å²) >= 11 is 1.20. The average Bonchev–Trinajstić information content (AvgIpc) is 3.00. The van der Waals surface area contributed by atoms with Crippen LogP contribution in [0.2, 0.25) is 0 Å². The SMILES string of the molecule is CCOc1ccc(C2=C(Sc3ccccc3)C(=O)N(c3ccccc3F)C2=O)cc1. The first-order chi connectivity index (χ1) is 14.6. The molecule has 3 aromatic rings. The second kappa shape index (κ2) is 8.55.